The lowest BCUT2D eigenvalue weighted by molar-refractivity contribution is -0.140. The molecule has 0 unspecified atom stereocenters. The SMILES string of the molecule is Nc1c(CCc2cnc3c(c2)CNCN3)cccc1C(=O)N[C@@H](CCC(=O)O)C(=O)O. The number of rotatable bonds is 9. The highest BCUT2D eigenvalue weighted by Gasteiger charge is 2.23. The number of aliphatic carboxylic acids is 2. The number of anilines is 2. The van der Waals surface area contributed by atoms with Crippen molar-refractivity contribution in [3.05, 3.63) is 52.7 Å². The van der Waals surface area contributed by atoms with Gasteiger partial charge >= 0.3 is 11.9 Å². The molecular formula is C21H25N5O5. The smallest absolute Gasteiger partial charge is 0.326 e. The maximum atomic E-state index is 12.6. The third-order valence-electron chi connectivity index (χ3n) is 5.09. The van der Waals surface area contributed by atoms with Gasteiger partial charge in [0.25, 0.3) is 5.91 Å². The van der Waals surface area contributed by atoms with E-state index in [0.29, 0.717) is 19.5 Å². The first-order valence-electron chi connectivity index (χ1n) is 9.90. The topological polar surface area (TPSA) is 167 Å². The maximum Gasteiger partial charge on any atom is 0.326 e. The number of nitrogens with one attached hydrogen (secondary N) is 3. The van der Waals surface area contributed by atoms with E-state index in [-0.39, 0.29) is 24.1 Å². The van der Waals surface area contributed by atoms with Crippen LogP contribution in [0.15, 0.2) is 30.5 Å². The van der Waals surface area contributed by atoms with Crippen molar-refractivity contribution in [2.75, 3.05) is 17.7 Å². The number of amides is 1. The van der Waals surface area contributed by atoms with E-state index >= 15 is 0 Å². The van der Waals surface area contributed by atoms with Gasteiger partial charge in [0.05, 0.1) is 12.2 Å². The van der Waals surface area contributed by atoms with Crippen molar-refractivity contribution in [1.29, 1.82) is 0 Å². The van der Waals surface area contributed by atoms with E-state index in [1.807, 2.05) is 12.3 Å². The molecule has 1 aromatic carbocycles. The molecule has 164 valence electrons. The van der Waals surface area contributed by atoms with Crippen LogP contribution >= 0.6 is 0 Å². The Morgan fingerprint density at radius 3 is 2.77 bits per heavy atom. The number of para-hydroxylation sites is 1. The van der Waals surface area contributed by atoms with E-state index in [9.17, 15) is 19.5 Å². The zero-order valence-corrected chi connectivity index (χ0v) is 16.9. The van der Waals surface area contributed by atoms with Crippen LogP contribution in [-0.4, -0.2) is 45.8 Å². The quantitative estimate of drug-likeness (QED) is 0.320. The molecule has 2 aromatic rings. The van der Waals surface area contributed by atoms with Crippen molar-refractivity contribution in [1.82, 2.24) is 15.6 Å². The van der Waals surface area contributed by atoms with Crippen LogP contribution in [0.4, 0.5) is 11.5 Å². The molecule has 31 heavy (non-hydrogen) atoms. The first-order chi connectivity index (χ1) is 14.8. The van der Waals surface area contributed by atoms with Gasteiger partial charge in [-0.2, -0.15) is 0 Å². The standard InChI is InChI=1S/C21H25N5O5/c22-18-13(5-4-12-8-14-10-23-11-25-19(14)24-9-12)2-1-3-15(18)20(29)26-16(21(30)31)6-7-17(27)28/h1-3,8-9,16,23H,4-7,10-11,22H2,(H,24,25)(H,26,29)(H,27,28)(H,30,31)/t16-/m0/s1. The first-order valence-corrected chi connectivity index (χ1v) is 9.90. The molecule has 7 N–H and O–H groups in total. The summed E-state index contributed by atoms with van der Waals surface area (Å²) in [6, 6.07) is 5.79. The van der Waals surface area contributed by atoms with Crippen molar-refractivity contribution in [2.45, 2.75) is 38.3 Å². The van der Waals surface area contributed by atoms with Crippen LogP contribution in [0.25, 0.3) is 0 Å². The molecule has 1 aliphatic rings. The van der Waals surface area contributed by atoms with E-state index in [0.717, 1.165) is 29.1 Å². The number of carbonyl (C=O) groups is 3. The van der Waals surface area contributed by atoms with E-state index in [2.05, 4.69) is 27.0 Å². The fourth-order valence-electron chi connectivity index (χ4n) is 3.40. The molecule has 1 atom stereocenters. The van der Waals surface area contributed by atoms with Crippen molar-refractivity contribution in [2.24, 2.45) is 0 Å². The second-order valence-corrected chi connectivity index (χ2v) is 7.31. The summed E-state index contributed by atoms with van der Waals surface area (Å²) in [4.78, 5) is 39.1. The van der Waals surface area contributed by atoms with Crippen LogP contribution in [0, 0.1) is 0 Å². The monoisotopic (exact) mass is 427 g/mol. The molecule has 1 amide bonds. The van der Waals surface area contributed by atoms with Crippen molar-refractivity contribution in [3.8, 4) is 0 Å². The molecule has 0 fully saturated rings. The lowest BCUT2D eigenvalue weighted by atomic mass is 9.99. The van der Waals surface area contributed by atoms with Crippen LogP contribution in [-0.2, 0) is 29.0 Å². The molecular weight excluding hydrogens is 402 g/mol. The summed E-state index contributed by atoms with van der Waals surface area (Å²) >= 11 is 0. The third kappa shape index (κ3) is 5.70. The number of benzene rings is 1. The molecule has 0 bridgehead atoms. The number of pyridine rings is 1. The number of aryl methyl sites for hydroxylation is 2. The summed E-state index contributed by atoms with van der Waals surface area (Å²) < 4.78 is 0. The van der Waals surface area contributed by atoms with Gasteiger partial charge in [-0.05, 0) is 42.5 Å². The van der Waals surface area contributed by atoms with Gasteiger partial charge in [0.1, 0.15) is 11.9 Å². The molecule has 0 saturated heterocycles. The van der Waals surface area contributed by atoms with Crippen molar-refractivity contribution < 1.29 is 24.6 Å². The van der Waals surface area contributed by atoms with E-state index in [4.69, 9.17) is 10.8 Å². The summed E-state index contributed by atoms with van der Waals surface area (Å²) in [5.74, 6) is -2.21. The van der Waals surface area contributed by atoms with Crippen molar-refractivity contribution >= 4 is 29.4 Å². The number of nitrogen functional groups attached to an aromatic ring is 1. The predicted molar refractivity (Wildman–Crippen MR) is 114 cm³/mol. The molecule has 2 heterocycles. The molecule has 3 rings (SSSR count). The molecule has 0 radical (unpaired) electrons. The van der Waals surface area contributed by atoms with Gasteiger partial charge in [-0.1, -0.05) is 12.1 Å². The second kappa shape index (κ2) is 9.90. The maximum absolute atomic E-state index is 12.6. The fourth-order valence-corrected chi connectivity index (χ4v) is 3.40. The zero-order valence-electron chi connectivity index (χ0n) is 16.9. The number of nitrogens with two attached hydrogens (primary N) is 1. The minimum atomic E-state index is -1.31. The largest absolute Gasteiger partial charge is 0.481 e. The molecule has 10 heteroatoms. The molecule has 0 spiro atoms. The number of hydrogen-bond donors (Lipinski definition) is 6. The van der Waals surface area contributed by atoms with Crippen LogP contribution in [0.3, 0.4) is 0 Å². The Kier molecular flexibility index (Phi) is 7.03. The summed E-state index contributed by atoms with van der Waals surface area (Å²) in [6.07, 6.45) is 2.48. The summed E-state index contributed by atoms with van der Waals surface area (Å²) in [6.45, 7) is 1.43. The average molecular weight is 427 g/mol. The van der Waals surface area contributed by atoms with Crippen LogP contribution in [0.5, 0.6) is 0 Å². The summed E-state index contributed by atoms with van der Waals surface area (Å²) in [7, 11) is 0. The number of carboxylic acids is 2. The van der Waals surface area contributed by atoms with Crippen LogP contribution in [0.2, 0.25) is 0 Å². The number of carboxylic acid groups (broad SMARTS) is 2. The Morgan fingerprint density at radius 1 is 1.23 bits per heavy atom. The molecule has 0 saturated carbocycles. The molecule has 1 aliphatic heterocycles. The normalized spacial score (nSPS) is 13.5. The van der Waals surface area contributed by atoms with Gasteiger partial charge in [0, 0.05) is 30.4 Å². The molecule has 10 nitrogen and oxygen atoms in total. The number of hydrogen-bond acceptors (Lipinski definition) is 7. The highest BCUT2D eigenvalue weighted by Crippen LogP contribution is 2.22. The van der Waals surface area contributed by atoms with Crippen LogP contribution in [0.1, 0.15) is 39.9 Å². The summed E-state index contributed by atoms with van der Waals surface area (Å²) in [5.41, 5.74) is 9.52. The van der Waals surface area contributed by atoms with E-state index in [1.54, 1.807) is 6.07 Å². The Balaban J connectivity index is 1.68. The van der Waals surface area contributed by atoms with Crippen LogP contribution < -0.4 is 21.7 Å². The van der Waals surface area contributed by atoms with E-state index in [1.165, 1.54) is 6.07 Å². The number of fused-ring (bicyclic) bond motifs is 1. The highest BCUT2D eigenvalue weighted by atomic mass is 16.4. The lowest BCUT2D eigenvalue weighted by Gasteiger charge is -2.19. The van der Waals surface area contributed by atoms with Gasteiger partial charge in [0.15, 0.2) is 0 Å². The Morgan fingerprint density at radius 2 is 2.03 bits per heavy atom. The fraction of sp³-hybridized carbons (Fsp3) is 0.333. The number of aromatic nitrogens is 1. The number of carbonyl (C=O) groups excluding carboxylic acids is 1. The highest BCUT2D eigenvalue weighted by molar-refractivity contribution is 6.01. The minimum absolute atomic E-state index is 0.163. The van der Waals surface area contributed by atoms with Gasteiger partial charge in [-0.15, -0.1) is 0 Å². The lowest BCUT2D eigenvalue weighted by Crippen LogP contribution is -2.41. The zero-order chi connectivity index (χ0) is 22.4. The molecule has 1 aromatic heterocycles. The van der Waals surface area contributed by atoms with Gasteiger partial charge in [-0.3, -0.25) is 14.9 Å². The number of nitrogens with zero attached hydrogens (tertiary/aromatic N) is 1. The Labute approximate surface area is 178 Å². The third-order valence-corrected chi connectivity index (χ3v) is 5.09. The second-order valence-electron chi connectivity index (χ2n) is 7.31. The Hall–Kier alpha value is -3.66. The summed E-state index contributed by atoms with van der Waals surface area (Å²) in [5, 5.41) is 26.8. The van der Waals surface area contributed by atoms with Gasteiger partial charge in [0.2, 0.25) is 0 Å². The van der Waals surface area contributed by atoms with E-state index < -0.39 is 23.9 Å². The minimum Gasteiger partial charge on any atom is -0.481 e. The van der Waals surface area contributed by atoms with Crippen molar-refractivity contribution in [3.63, 3.8) is 0 Å². The van der Waals surface area contributed by atoms with Gasteiger partial charge in [-0.25, -0.2) is 9.78 Å². The average Bonchev–Trinajstić information content (AvgIpc) is 2.75. The first kappa shape index (κ1) is 22.0. The predicted octanol–water partition coefficient (Wildman–Crippen LogP) is 0.969. The molecule has 0 aliphatic carbocycles. The Bertz CT molecular complexity index is 994. The van der Waals surface area contributed by atoms with Gasteiger partial charge < -0.3 is 26.6 Å².